The molecule has 1 aromatic carbocycles. The van der Waals surface area contributed by atoms with Crippen molar-refractivity contribution >= 4 is 24.6 Å². The van der Waals surface area contributed by atoms with Crippen LogP contribution >= 0.6 is 12.6 Å². The second-order valence-electron chi connectivity index (χ2n) is 6.73. The standard InChI is InChI=1S/C18H27NO4S/c1-11-13(9-19-10-17(21)23-18(3,4)5)7-15(24)12(2)14(11)8-16(20)22-6/h7,19,24H,8-10H2,1-6H3. The third kappa shape index (κ3) is 6.17. The Kier molecular flexibility index (Phi) is 7.29. The molecule has 24 heavy (non-hydrogen) atoms. The molecule has 6 heteroatoms. The molecule has 0 spiro atoms. The molecule has 134 valence electrons. The van der Waals surface area contributed by atoms with Gasteiger partial charge in [-0.25, -0.2) is 0 Å². The number of benzene rings is 1. The number of hydrogen-bond donors (Lipinski definition) is 2. The van der Waals surface area contributed by atoms with Crippen LogP contribution in [0, 0.1) is 13.8 Å². The van der Waals surface area contributed by atoms with Crippen molar-refractivity contribution in [2.45, 2.75) is 58.1 Å². The van der Waals surface area contributed by atoms with Crippen molar-refractivity contribution < 1.29 is 19.1 Å². The van der Waals surface area contributed by atoms with Gasteiger partial charge in [0.15, 0.2) is 0 Å². The minimum atomic E-state index is -0.496. The Balaban J connectivity index is 2.82. The van der Waals surface area contributed by atoms with Crippen molar-refractivity contribution in [3.8, 4) is 0 Å². The molecule has 0 aliphatic rings. The molecular formula is C18H27NO4S. The summed E-state index contributed by atoms with van der Waals surface area (Å²) >= 11 is 4.48. The number of carbonyl (C=O) groups is 2. The van der Waals surface area contributed by atoms with E-state index in [4.69, 9.17) is 9.47 Å². The second kappa shape index (κ2) is 8.53. The first kappa shape index (κ1) is 20.5. The van der Waals surface area contributed by atoms with E-state index in [2.05, 4.69) is 17.9 Å². The SMILES string of the molecule is COC(=O)Cc1c(C)c(S)cc(CNCC(=O)OC(C)(C)C)c1C. The fourth-order valence-corrected chi connectivity index (χ4v) is 2.64. The van der Waals surface area contributed by atoms with E-state index in [-0.39, 0.29) is 24.9 Å². The van der Waals surface area contributed by atoms with Crippen LogP contribution in [0.5, 0.6) is 0 Å². The van der Waals surface area contributed by atoms with Crippen LogP contribution in [0.2, 0.25) is 0 Å². The van der Waals surface area contributed by atoms with Crippen LogP contribution < -0.4 is 5.32 Å². The van der Waals surface area contributed by atoms with Gasteiger partial charge in [-0.3, -0.25) is 9.59 Å². The Bertz CT molecular complexity index is 620. The largest absolute Gasteiger partial charge is 0.469 e. The zero-order chi connectivity index (χ0) is 18.5. The van der Waals surface area contributed by atoms with Gasteiger partial charge in [-0.05, 0) is 62.9 Å². The molecule has 0 unspecified atom stereocenters. The highest BCUT2D eigenvalue weighted by Gasteiger charge is 2.17. The van der Waals surface area contributed by atoms with Gasteiger partial charge in [0.1, 0.15) is 5.60 Å². The number of ether oxygens (including phenoxy) is 2. The Morgan fingerprint density at radius 2 is 1.79 bits per heavy atom. The molecule has 1 rings (SSSR count). The number of nitrogens with one attached hydrogen (secondary N) is 1. The van der Waals surface area contributed by atoms with Gasteiger partial charge in [-0.1, -0.05) is 0 Å². The summed E-state index contributed by atoms with van der Waals surface area (Å²) in [5.74, 6) is -0.582. The third-order valence-electron chi connectivity index (χ3n) is 3.64. The van der Waals surface area contributed by atoms with E-state index in [1.165, 1.54) is 7.11 Å². The summed E-state index contributed by atoms with van der Waals surface area (Å²) in [5.41, 5.74) is 3.39. The summed E-state index contributed by atoms with van der Waals surface area (Å²) in [6.45, 7) is 10.0. The van der Waals surface area contributed by atoms with Gasteiger partial charge < -0.3 is 14.8 Å². The van der Waals surface area contributed by atoms with Gasteiger partial charge in [-0.15, -0.1) is 12.6 Å². The van der Waals surface area contributed by atoms with E-state index in [0.29, 0.717) is 6.54 Å². The van der Waals surface area contributed by atoms with Gasteiger partial charge in [0.2, 0.25) is 0 Å². The van der Waals surface area contributed by atoms with Gasteiger partial charge in [0.25, 0.3) is 0 Å². The van der Waals surface area contributed by atoms with E-state index in [9.17, 15) is 9.59 Å². The maximum Gasteiger partial charge on any atom is 0.320 e. The molecule has 1 aromatic rings. The molecule has 0 radical (unpaired) electrons. The Hall–Kier alpha value is -1.53. The minimum absolute atomic E-state index is 0.124. The molecule has 0 saturated carbocycles. The molecule has 0 aromatic heterocycles. The first-order chi connectivity index (χ1) is 11.0. The third-order valence-corrected chi connectivity index (χ3v) is 4.10. The topological polar surface area (TPSA) is 64.6 Å². The molecule has 0 fully saturated rings. The van der Waals surface area contributed by atoms with Crippen molar-refractivity contribution in [1.29, 1.82) is 0 Å². The van der Waals surface area contributed by atoms with Crippen LogP contribution in [-0.4, -0.2) is 31.2 Å². The van der Waals surface area contributed by atoms with Crippen LogP contribution in [0.15, 0.2) is 11.0 Å². The first-order valence-electron chi connectivity index (χ1n) is 7.85. The predicted molar refractivity (Wildman–Crippen MR) is 96.4 cm³/mol. The molecule has 0 amide bonds. The van der Waals surface area contributed by atoms with E-state index in [0.717, 1.165) is 27.1 Å². The highest BCUT2D eigenvalue weighted by molar-refractivity contribution is 7.80. The fraction of sp³-hybridized carbons (Fsp3) is 0.556. The second-order valence-corrected chi connectivity index (χ2v) is 7.21. The van der Waals surface area contributed by atoms with Crippen LogP contribution in [0.1, 0.15) is 43.0 Å². The van der Waals surface area contributed by atoms with Gasteiger partial charge >= 0.3 is 11.9 Å². The fourth-order valence-electron chi connectivity index (χ4n) is 2.35. The van der Waals surface area contributed by atoms with Crippen molar-refractivity contribution in [2.24, 2.45) is 0 Å². The van der Waals surface area contributed by atoms with Crippen molar-refractivity contribution in [1.82, 2.24) is 5.32 Å². The molecule has 0 bridgehead atoms. The quantitative estimate of drug-likeness (QED) is 0.608. The number of thiol groups is 1. The van der Waals surface area contributed by atoms with Gasteiger partial charge in [-0.2, -0.15) is 0 Å². The van der Waals surface area contributed by atoms with E-state index < -0.39 is 5.60 Å². The Labute approximate surface area is 149 Å². The summed E-state index contributed by atoms with van der Waals surface area (Å²) in [5, 5.41) is 3.08. The number of esters is 2. The zero-order valence-electron chi connectivity index (χ0n) is 15.3. The predicted octanol–water partition coefficient (Wildman–Crippen LogP) is 2.74. The van der Waals surface area contributed by atoms with Gasteiger partial charge in [0.05, 0.1) is 20.1 Å². The van der Waals surface area contributed by atoms with Gasteiger partial charge in [0, 0.05) is 11.4 Å². The summed E-state index contributed by atoms with van der Waals surface area (Å²) in [4.78, 5) is 24.2. The zero-order valence-corrected chi connectivity index (χ0v) is 16.2. The van der Waals surface area contributed by atoms with Crippen molar-refractivity contribution in [3.63, 3.8) is 0 Å². The smallest absolute Gasteiger partial charge is 0.320 e. The highest BCUT2D eigenvalue weighted by atomic mass is 32.1. The summed E-state index contributed by atoms with van der Waals surface area (Å²) in [7, 11) is 1.38. The lowest BCUT2D eigenvalue weighted by Gasteiger charge is -2.20. The summed E-state index contributed by atoms with van der Waals surface area (Å²) in [6, 6.07) is 1.96. The van der Waals surface area contributed by atoms with Crippen LogP contribution in [0.25, 0.3) is 0 Å². The van der Waals surface area contributed by atoms with E-state index >= 15 is 0 Å². The molecule has 0 heterocycles. The summed E-state index contributed by atoms with van der Waals surface area (Å²) in [6.07, 6.45) is 0.210. The lowest BCUT2D eigenvalue weighted by atomic mass is 9.95. The Morgan fingerprint density at radius 1 is 1.17 bits per heavy atom. The highest BCUT2D eigenvalue weighted by Crippen LogP contribution is 2.25. The maximum absolute atomic E-state index is 11.7. The van der Waals surface area contributed by atoms with E-state index in [1.54, 1.807) is 0 Å². The molecule has 0 aliphatic carbocycles. The molecule has 0 aliphatic heterocycles. The molecule has 5 nitrogen and oxygen atoms in total. The molecule has 0 saturated heterocycles. The number of hydrogen-bond acceptors (Lipinski definition) is 6. The van der Waals surface area contributed by atoms with E-state index in [1.807, 2.05) is 40.7 Å². The number of methoxy groups -OCH3 is 1. The lowest BCUT2D eigenvalue weighted by Crippen LogP contribution is -2.31. The molecule has 1 N–H and O–H groups in total. The normalized spacial score (nSPS) is 11.3. The average molecular weight is 353 g/mol. The monoisotopic (exact) mass is 353 g/mol. The van der Waals surface area contributed by atoms with Crippen molar-refractivity contribution in [3.05, 3.63) is 28.3 Å². The first-order valence-corrected chi connectivity index (χ1v) is 8.30. The Morgan fingerprint density at radius 3 is 2.33 bits per heavy atom. The lowest BCUT2D eigenvalue weighted by molar-refractivity contribution is -0.153. The number of rotatable bonds is 6. The van der Waals surface area contributed by atoms with Crippen LogP contribution in [0.4, 0.5) is 0 Å². The molecule has 0 atom stereocenters. The maximum atomic E-state index is 11.7. The summed E-state index contributed by atoms with van der Waals surface area (Å²) < 4.78 is 10.0. The minimum Gasteiger partial charge on any atom is -0.469 e. The van der Waals surface area contributed by atoms with Crippen molar-refractivity contribution in [2.75, 3.05) is 13.7 Å². The number of carbonyl (C=O) groups excluding carboxylic acids is 2. The molecular weight excluding hydrogens is 326 g/mol. The average Bonchev–Trinajstić information content (AvgIpc) is 2.46. The van der Waals surface area contributed by atoms with Crippen LogP contribution in [-0.2, 0) is 32.0 Å². The van der Waals surface area contributed by atoms with Crippen LogP contribution in [0.3, 0.4) is 0 Å².